The highest BCUT2D eigenvalue weighted by Crippen LogP contribution is 2.24. The molecule has 0 bridgehead atoms. The average molecular weight is 327 g/mol. The van der Waals surface area contributed by atoms with Crippen LogP contribution in [0.1, 0.15) is 10.4 Å². The van der Waals surface area contributed by atoms with Crippen LogP contribution in [-0.4, -0.2) is 5.91 Å². The molecule has 0 fully saturated rings. The van der Waals surface area contributed by atoms with Crippen LogP contribution in [0.15, 0.2) is 40.9 Å². The number of anilines is 2. The van der Waals surface area contributed by atoms with E-state index >= 15 is 0 Å². The molecule has 0 spiro atoms. The number of carbonyl (C=O) groups excluding carboxylic acids is 1. The first kappa shape index (κ1) is 13.5. The summed E-state index contributed by atoms with van der Waals surface area (Å²) in [6.07, 6.45) is 0. The van der Waals surface area contributed by atoms with E-state index in [2.05, 4.69) is 21.2 Å². The van der Waals surface area contributed by atoms with E-state index in [1.807, 2.05) is 0 Å². The Balaban J connectivity index is 2.31. The number of nitrogen functional groups attached to an aromatic ring is 1. The standard InChI is InChI=1S/C13H9BrF2N2O/c14-9-5-4-7(15)6-11(9)18-13(19)8-2-1-3-10(16)12(8)17/h1-6H,17H2,(H,18,19). The van der Waals surface area contributed by atoms with Gasteiger partial charge < -0.3 is 11.1 Å². The summed E-state index contributed by atoms with van der Waals surface area (Å²) in [4.78, 5) is 11.9. The quantitative estimate of drug-likeness (QED) is 0.829. The van der Waals surface area contributed by atoms with Crippen molar-refractivity contribution in [2.45, 2.75) is 0 Å². The Labute approximate surface area is 116 Å². The summed E-state index contributed by atoms with van der Waals surface area (Å²) in [7, 11) is 0. The number of nitrogens with two attached hydrogens (primary N) is 1. The van der Waals surface area contributed by atoms with E-state index in [-0.39, 0.29) is 16.9 Å². The molecule has 0 saturated heterocycles. The topological polar surface area (TPSA) is 55.1 Å². The Morgan fingerprint density at radius 1 is 1.21 bits per heavy atom. The minimum Gasteiger partial charge on any atom is -0.396 e. The molecule has 0 atom stereocenters. The van der Waals surface area contributed by atoms with Crippen molar-refractivity contribution in [1.29, 1.82) is 0 Å². The number of rotatable bonds is 2. The largest absolute Gasteiger partial charge is 0.396 e. The Bertz CT molecular complexity index is 647. The molecule has 0 heterocycles. The number of para-hydroxylation sites is 1. The van der Waals surface area contributed by atoms with Gasteiger partial charge >= 0.3 is 0 Å². The first-order chi connectivity index (χ1) is 8.99. The minimum atomic E-state index is -0.675. The second kappa shape index (κ2) is 5.36. The smallest absolute Gasteiger partial charge is 0.257 e. The number of carbonyl (C=O) groups is 1. The molecular formula is C13H9BrF2N2O. The van der Waals surface area contributed by atoms with E-state index in [1.54, 1.807) is 0 Å². The summed E-state index contributed by atoms with van der Waals surface area (Å²) in [6.45, 7) is 0. The Morgan fingerprint density at radius 3 is 2.68 bits per heavy atom. The fourth-order valence-corrected chi connectivity index (χ4v) is 1.86. The molecular weight excluding hydrogens is 318 g/mol. The molecule has 6 heteroatoms. The summed E-state index contributed by atoms with van der Waals surface area (Å²) < 4.78 is 26.8. The zero-order valence-electron chi connectivity index (χ0n) is 9.58. The van der Waals surface area contributed by atoms with Gasteiger partial charge in [0.15, 0.2) is 0 Å². The van der Waals surface area contributed by atoms with E-state index in [0.29, 0.717) is 4.47 Å². The predicted molar refractivity (Wildman–Crippen MR) is 72.9 cm³/mol. The van der Waals surface area contributed by atoms with Crippen molar-refractivity contribution in [3.63, 3.8) is 0 Å². The van der Waals surface area contributed by atoms with E-state index < -0.39 is 17.5 Å². The van der Waals surface area contributed by atoms with Gasteiger partial charge in [0.25, 0.3) is 5.91 Å². The van der Waals surface area contributed by atoms with Crippen LogP contribution in [0.5, 0.6) is 0 Å². The second-order valence-electron chi connectivity index (χ2n) is 3.78. The summed E-state index contributed by atoms with van der Waals surface area (Å²) >= 11 is 3.18. The lowest BCUT2D eigenvalue weighted by Crippen LogP contribution is -2.15. The van der Waals surface area contributed by atoms with Gasteiger partial charge in [-0.05, 0) is 46.3 Å². The van der Waals surface area contributed by atoms with Crippen LogP contribution in [0.2, 0.25) is 0 Å². The lowest BCUT2D eigenvalue weighted by Gasteiger charge is -2.09. The Morgan fingerprint density at radius 2 is 1.95 bits per heavy atom. The van der Waals surface area contributed by atoms with Crippen LogP contribution in [0, 0.1) is 11.6 Å². The van der Waals surface area contributed by atoms with Crippen LogP contribution in [0.25, 0.3) is 0 Å². The molecule has 2 rings (SSSR count). The highest BCUT2D eigenvalue weighted by molar-refractivity contribution is 9.10. The summed E-state index contributed by atoms with van der Waals surface area (Å²) in [6, 6.07) is 7.78. The van der Waals surface area contributed by atoms with Crippen molar-refractivity contribution in [2.24, 2.45) is 0 Å². The highest BCUT2D eigenvalue weighted by Gasteiger charge is 2.14. The molecule has 2 aromatic rings. The Kier molecular flexibility index (Phi) is 3.80. The minimum absolute atomic E-state index is 0.00355. The molecule has 0 aliphatic carbocycles. The average Bonchev–Trinajstić information content (AvgIpc) is 2.37. The summed E-state index contributed by atoms with van der Waals surface area (Å²) in [5, 5.41) is 2.46. The summed E-state index contributed by atoms with van der Waals surface area (Å²) in [5.74, 6) is -1.78. The third-order valence-electron chi connectivity index (χ3n) is 2.47. The predicted octanol–water partition coefficient (Wildman–Crippen LogP) is 3.56. The van der Waals surface area contributed by atoms with Gasteiger partial charge in [0.05, 0.1) is 16.9 Å². The van der Waals surface area contributed by atoms with Crippen molar-refractivity contribution in [3.8, 4) is 0 Å². The van der Waals surface area contributed by atoms with E-state index in [1.165, 1.54) is 24.3 Å². The number of benzene rings is 2. The van der Waals surface area contributed by atoms with Crippen molar-refractivity contribution < 1.29 is 13.6 Å². The SMILES string of the molecule is Nc1c(F)cccc1C(=O)Nc1cc(F)ccc1Br. The molecule has 0 aromatic heterocycles. The summed E-state index contributed by atoms with van der Waals surface area (Å²) in [5.41, 5.74) is 5.48. The van der Waals surface area contributed by atoms with Gasteiger partial charge in [-0.15, -0.1) is 0 Å². The first-order valence-corrected chi connectivity index (χ1v) is 6.08. The third-order valence-corrected chi connectivity index (χ3v) is 3.17. The fourth-order valence-electron chi connectivity index (χ4n) is 1.52. The van der Waals surface area contributed by atoms with Gasteiger partial charge in [-0.3, -0.25) is 4.79 Å². The van der Waals surface area contributed by atoms with Gasteiger partial charge in [-0.1, -0.05) is 6.07 Å². The van der Waals surface area contributed by atoms with Crippen molar-refractivity contribution in [3.05, 3.63) is 58.1 Å². The van der Waals surface area contributed by atoms with Crippen molar-refractivity contribution in [1.82, 2.24) is 0 Å². The van der Waals surface area contributed by atoms with Gasteiger partial charge in [0.2, 0.25) is 0 Å². The molecule has 3 nitrogen and oxygen atoms in total. The van der Waals surface area contributed by atoms with Gasteiger partial charge in [-0.2, -0.15) is 0 Å². The normalized spacial score (nSPS) is 10.3. The van der Waals surface area contributed by atoms with Gasteiger partial charge in [0, 0.05) is 4.47 Å². The van der Waals surface area contributed by atoms with Crippen LogP contribution < -0.4 is 11.1 Å². The lowest BCUT2D eigenvalue weighted by molar-refractivity contribution is 0.102. The molecule has 0 aliphatic rings. The molecule has 2 aromatic carbocycles. The molecule has 3 N–H and O–H groups in total. The fraction of sp³-hybridized carbons (Fsp3) is 0. The maximum atomic E-state index is 13.2. The van der Waals surface area contributed by atoms with Gasteiger partial charge in [0.1, 0.15) is 11.6 Å². The zero-order chi connectivity index (χ0) is 14.0. The zero-order valence-corrected chi connectivity index (χ0v) is 11.2. The van der Waals surface area contributed by atoms with Crippen LogP contribution in [0.4, 0.5) is 20.2 Å². The van der Waals surface area contributed by atoms with Gasteiger partial charge in [-0.25, -0.2) is 8.78 Å². The molecule has 0 unspecified atom stereocenters. The van der Waals surface area contributed by atoms with Crippen LogP contribution in [-0.2, 0) is 0 Å². The van der Waals surface area contributed by atoms with E-state index in [9.17, 15) is 13.6 Å². The van der Waals surface area contributed by atoms with Crippen molar-refractivity contribution >= 4 is 33.2 Å². The second-order valence-corrected chi connectivity index (χ2v) is 4.63. The third kappa shape index (κ3) is 2.90. The number of amides is 1. The number of halogens is 3. The highest BCUT2D eigenvalue weighted by atomic mass is 79.9. The Hall–Kier alpha value is -1.95. The molecule has 0 aliphatic heterocycles. The van der Waals surface area contributed by atoms with E-state index in [4.69, 9.17) is 5.73 Å². The molecule has 0 radical (unpaired) electrons. The number of hydrogen-bond acceptors (Lipinski definition) is 2. The van der Waals surface area contributed by atoms with Crippen molar-refractivity contribution in [2.75, 3.05) is 11.1 Å². The monoisotopic (exact) mass is 326 g/mol. The maximum absolute atomic E-state index is 13.2. The lowest BCUT2D eigenvalue weighted by atomic mass is 10.1. The van der Waals surface area contributed by atoms with Crippen LogP contribution in [0.3, 0.4) is 0 Å². The first-order valence-electron chi connectivity index (χ1n) is 5.29. The number of hydrogen-bond donors (Lipinski definition) is 2. The molecule has 0 saturated carbocycles. The maximum Gasteiger partial charge on any atom is 0.257 e. The molecule has 19 heavy (non-hydrogen) atoms. The van der Waals surface area contributed by atoms with Crippen LogP contribution >= 0.6 is 15.9 Å². The molecule has 1 amide bonds. The molecule has 98 valence electrons. The number of nitrogens with one attached hydrogen (secondary N) is 1. The van der Waals surface area contributed by atoms with E-state index in [0.717, 1.165) is 12.1 Å².